The van der Waals surface area contributed by atoms with E-state index >= 15 is 0 Å². The summed E-state index contributed by atoms with van der Waals surface area (Å²) in [6.45, 7) is 2.22. The zero-order valence-electron chi connectivity index (χ0n) is 9.51. The zero-order valence-corrected chi connectivity index (χ0v) is 29.2. The van der Waals surface area contributed by atoms with E-state index in [2.05, 4.69) is 0 Å². The van der Waals surface area contributed by atoms with Crippen molar-refractivity contribution in [3.63, 3.8) is 0 Å². The molecule has 7 heteroatoms. The van der Waals surface area contributed by atoms with Crippen LogP contribution < -0.4 is 243 Å². The molecule has 0 amide bonds. The van der Waals surface area contributed by atoms with Gasteiger partial charge in [-0.25, -0.2) is 0 Å². The van der Waals surface area contributed by atoms with Crippen molar-refractivity contribution in [2.75, 3.05) is 6.61 Å². The Balaban J connectivity index is -0.0000000533. The van der Waals surface area contributed by atoms with Gasteiger partial charge in [0.25, 0.3) is 0 Å². The molecule has 0 aliphatic carbocycles. The van der Waals surface area contributed by atoms with Crippen molar-refractivity contribution < 1.29 is 248 Å². The average Bonchev–Trinajstić information content (AvgIpc) is 1.86. The Morgan fingerprint density at radius 3 is 1.62 bits per heavy atom. The summed E-state index contributed by atoms with van der Waals surface area (Å²) >= 11 is 0. The van der Waals surface area contributed by atoms with Gasteiger partial charge in [-0.3, -0.25) is 0 Å². The minimum Gasteiger partial charge on any atom is -0.856 e. The Labute approximate surface area is 275 Å². The third-order valence-corrected chi connectivity index (χ3v) is 1.40. The third kappa shape index (κ3) is 14.9. The Morgan fingerprint density at radius 1 is 1.31 bits per heavy atom. The Bertz CT molecular complexity index is 116. The van der Waals surface area contributed by atoms with E-state index in [4.69, 9.17) is 0 Å². The van der Waals surface area contributed by atoms with Gasteiger partial charge < -0.3 is 21.4 Å². The molecule has 0 saturated carbocycles. The Kier molecular flexibility index (Phi) is 45.7. The van der Waals surface area contributed by atoms with Crippen LogP contribution in [0, 0.1) is 11.8 Å². The van der Waals surface area contributed by atoms with Crippen molar-refractivity contribution in [3.8, 4) is 0 Å². The van der Waals surface area contributed by atoms with E-state index in [1.54, 1.807) is 0 Å². The summed E-state index contributed by atoms with van der Waals surface area (Å²) in [4.78, 5) is 10.1. The van der Waals surface area contributed by atoms with Crippen LogP contribution in [0.5, 0.6) is 0 Å². The molecular formula is C6H9O3Rb4+. The van der Waals surface area contributed by atoms with Crippen LogP contribution in [0.25, 0.3) is 0 Å². The zero-order chi connectivity index (χ0) is 7.49. The van der Waals surface area contributed by atoms with E-state index in [1.807, 2.05) is 0 Å². The largest absolute Gasteiger partial charge is 1.00 e. The van der Waals surface area contributed by atoms with Gasteiger partial charge >= 0.3 is 233 Å². The third-order valence-electron chi connectivity index (χ3n) is 1.40. The number of carboxylic acids is 1. The van der Waals surface area contributed by atoms with E-state index in [9.17, 15) is 15.0 Å². The van der Waals surface area contributed by atoms with Gasteiger partial charge in [0, 0.05) is 5.97 Å². The summed E-state index contributed by atoms with van der Waals surface area (Å²) in [5.41, 5.74) is -1.29. The van der Waals surface area contributed by atoms with E-state index in [-0.39, 0.29) is 233 Å². The second kappa shape index (κ2) is 18.7. The van der Waals surface area contributed by atoms with Gasteiger partial charge in [-0.1, -0.05) is 6.92 Å². The van der Waals surface area contributed by atoms with Gasteiger partial charge in [-0.05, 0) is 0 Å². The minimum absolute atomic E-state index is 0. The molecule has 0 radical (unpaired) electrons. The number of hydrogen-bond donors (Lipinski definition) is 0. The van der Waals surface area contributed by atoms with Crippen molar-refractivity contribution in [1.29, 1.82) is 0 Å². The average molecular weight is 471 g/mol. The van der Waals surface area contributed by atoms with Gasteiger partial charge in [0.1, 0.15) is 0 Å². The number of rotatable bonds is 3. The fourth-order valence-corrected chi connectivity index (χ4v) is 0.260. The summed E-state index contributed by atoms with van der Waals surface area (Å²) in [7, 11) is 0. The van der Waals surface area contributed by atoms with E-state index in [0.717, 1.165) is 0 Å². The first-order valence-corrected chi connectivity index (χ1v) is 2.67. The van der Waals surface area contributed by atoms with Crippen LogP contribution in [0.4, 0.5) is 0 Å². The standard InChI is InChI=1S/C6H10O3.4Rb/c1-3-6(2,4-7)5(8)9;;;;/h3H,4H2,1-2H3,(H,8,9);;;;/q-2;4*+1/p-1. The van der Waals surface area contributed by atoms with Crippen molar-refractivity contribution in [1.82, 2.24) is 0 Å². The smallest absolute Gasteiger partial charge is 0.856 e. The number of carbonyl (C=O) groups is 1. The van der Waals surface area contributed by atoms with Crippen LogP contribution in [-0.2, 0) is 4.79 Å². The van der Waals surface area contributed by atoms with Gasteiger partial charge in [-0.15, -0.1) is 5.41 Å². The second-order valence-electron chi connectivity index (χ2n) is 2.14. The SMILES string of the molecule is C[CH-]C(C)(C[O-])C(=O)[O-].[Rb+].[Rb+].[Rb+].[Rb+]. The summed E-state index contributed by atoms with van der Waals surface area (Å²) in [5, 5.41) is 20.3. The van der Waals surface area contributed by atoms with Gasteiger partial charge in [0.05, 0.1) is 0 Å². The molecule has 0 spiro atoms. The molecule has 0 aromatic rings. The molecule has 1 atom stereocenters. The van der Waals surface area contributed by atoms with E-state index in [1.165, 1.54) is 20.3 Å². The van der Waals surface area contributed by atoms with Crippen molar-refractivity contribution in [2.45, 2.75) is 13.8 Å². The van der Waals surface area contributed by atoms with Crippen LogP contribution in [-0.4, -0.2) is 12.6 Å². The van der Waals surface area contributed by atoms with Crippen molar-refractivity contribution >= 4 is 5.97 Å². The Hall–Kier alpha value is 6.65. The molecule has 0 N–H and O–H groups in total. The molecule has 0 bridgehead atoms. The maximum absolute atomic E-state index is 10.2. The predicted octanol–water partition coefficient (Wildman–Crippen LogP) is -13.7. The monoisotopic (exact) mass is 469 g/mol. The fourth-order valence-electron chi connectivity index (χ4n) is 0.260. The van der Waals surface area contributed by atoms with Gasteiger partial charge in [0.2, 0.25) is 0 Å². The maximum Gasteiger partial charge on any atom is 1.00 e. The summed E-state index contributed by atoms with van der Waals surface area (Å²) in [5.74, 6) is -1.31. The minimum atomic E-state index is -1.31. The molecule has 1 unspecified atom stereocenters. The summed E-state index contributed by atoms with van der Waals surface area (Å²) in [6.07, 6.45) is 1.34. The molecule has 3 nitrogen and oxygen atoms in total. The molecule has 54 valence electrons. The molecule has 0 aliphatic rings. The van der Waals surface area contributed by atoms with Crippen LogP contribution in [0.3, 0.4) is 0 Å². The van der Waals surface area contributed by atoms with Crippen LogP contribution in [0.15, 0.2) is 0 Å². The fraction of sp³-hybridized carbons (Fsp3) is 0.667. The van der Waals surface area contributed by atoms with Crippen LogP contribution in [0.2, 0.25) is 0 Å². The second-order valence-corrected chi connectivity index (χ2v) is 2.14. The molecule has 0 aromatic heterocycles. The van der Waals surface area contributed by atoms with Gasteiger partial charge in [0.15, 0.2) is 0 Å². The van der Waals surface area contributed by atoms with Crippen LogP contribution >= 0.6 is 0 Å². The first kappa shape index (κ1) is 31.8. The topological polar surface area (TPSA) is 63.2 Å². The summed E-state index contributed by atoms with van der Waals surface area (Å²) in [6, 6.07) is 0. The molecular weight excluding hydrogens is 462 g/mol. The van der Waals surface area contributed by atoms with Crippen molar-refractivity contribution in [3.05, 3.63) is 6.42 Å². The van der Waals surface area contributed by atoms with Crippen LogP contribution in [0.1, 0.15) is 13.8 Å². The summed E-state index contributed by atoms with van der Waals surface area (Å²) < 4.78 is 0. The normalized spacial score (nSPS) is 11.6. The Morgan fingerprint density at radius 2 is 1.62 bits per heavy atom. The molecule has 0 fully saturated rings. The number of carbonyl (C=O) groups excluding carboxylic acids is 1. The van der Waals surface area contributed by atoms with Gasteiger partial charge in [-0.2, -0.15) is 13.5 Å². The van der Waals surface area contributed by atoms with Crippen molar-refractivity contribution in [2.24, 2.45) is 5.41 Å². The molecule has 0 rings (SSSR count). The molecule has 0 aliphatic heterocycles. The molecule has 0 aromatic carbocycles. The maximum atomic E-state index is 10.2. The molecule has 13 heavy (non-hydrogen) atoms. The van der Waals surface area contributed by atoms with E-state index < -0.39 is 18.0 Å². The predicted molar refractivity (Wildman–Crippen MR) is 28.0 cm³/mol. The first-order chi connectivity index (χ1) is 4.06. The molecule has 0 saturated heterocycles. The first-order valence-electron chi connectivity index (χ1n) is 2.67. The molecule has 0 heterocycles. The number of aliphatic carboxylic acids is 1. The number of carboxylic acid groups (broad SMARTS) is 1. The van der Waals surface area contributed by atoms with E-state index in [0.29, 0.717) is 0 Å². The quantitative estimate of drug-likeness (QED) is 0.385. The number of hydrogen-bond acceptors (Lipinski definition) is 3.